The van der Waals surface area contributed by atoms with Crippen molar-refractivity contribution in [2.45, 2.75) is 39.3 Å². The highest BCUT2D eigenvalue weighted by atomic mass is 16.1. The summed E-state index contributed by atoms with van der Waals surface area (Å²) in [4.78, 5) is 11.5. The number of carbonyl (C=O) groups excluding carboxylic acids is 1. The molecule has 0 bridgehead atoms. The molecule has 1 aromatic heterocycles. The highest BCUT2D eigenvalue weighted by molar-refractivity contribution is 5.78. The van der Waals surface area contributed by atoms with Gasteiger partial charge >= 0.3 is 0 Å². The van der Waals surface area contributed by atoms with E-state index in [2.05, 4.69) is 29.6 Å². The summed E-state index contributed by atoms with van der Waals surface area (Å²) in [6.07, 6.45) is 5.62. The fourth-order valence-corrected chi connectivity index (χ4v) is 1.60. The molecule has 96 valence electrons. The molecule has 0 fully saturated rings. The first-order valence-corrected chi connectivity index (χ1v) is 6.23. The van der Waals surface area contributed by atoms with Crippen molar-refractivity contribution in [3.05, 3.63) is 18.5 Å². The van der Waals surface area contributed by atoms with Crippen LogP contribution >= 0.6 is 0 Å². The van der Waals surface area contributed by atoms with E-state index < -0.39 is 0 Å². The molecule has 5 nitrogen and oxygen atoms in total. The molecule has 2 N–H and O–H groups in total. The van der Waals surface area contributed by atoms with Crippen LogP contribution in [0, 0.1) is 0 Å². The van der Waals surface area contributed by atoms with E-state index in [1.54, 1.807) is 6.20 Å². The average Bonchev–Trinajstić information content (AvgIpc) is 2.84. The Morgan fingerprint density at radius 2 is 2.18 bits per heavy atom. The van der Waals surface area contributed by atoms with Gasteiger partial charge in [0.25, 0.3) is 0 Å². The molecule has 0 radical (unpaired) electrons. The Labute approximate surface area is 103 Å². The van der Waals surface area contributed by atoms with Crippen LogP contribution in [0.2, 0.25) is 0 Å². The molecule has 0 unspecified atom stereocenters. The number of aromatic nitrogens is 2. The quantitative estimate of drug-likeness (QED) is 0.658. The van der Waals surface area contributed by atoms with Crippen molar-refractivity contribution in [3.63, 3.8) is 0 Å². The molecule has 1 heterocycles. The third kappa shape index (κ3) is 5.49. The van der Waals surface area contributed by atoms with Gasteiger partial charge in [-0.2, -0.15) is 5.10 Å². The summed E-state index contributed by atoms with van der Waals surface area (Å²) in [6, 6.07) is 2.19. The molecule has 0 aliphatic rings. The highest BCUT2D eigenvalue weighted by Crippen LogP contribution is 1.94. The standard InChI is InChI=1S/C12H22N4O/c1-3-11(4-2)15-12(17)10-13-7-9-16-8-5-6-14-16/h5-6,8,11,13H,3-4,7,9-10H2,1-2H3,(H,15,17). The summed E-state index contributed by atoms with van der Waals surface area (Å²) >= 11 is 0. The largest absolute Gasteiger partial charge is 0.352 e. The number of hydrogen-bond donors (Lipinski definition) is 2. The maximum Gasteiger partial charge on any atom is 0.234 e. The van der Waals surface area contributed by atoms with Crippen LogP contribution in [-0.4, -0.2) is 34.8 Å². The van der Waals surface area contributed by atoms with Gasteiger partial charge in [-0.3, -0.25) is 9.48 Å². The van der Waals surface area contributed by atoms with Gasteiger partial charge in [-0.15, -0.1) is 0 Å². The molecule has 1 rings (SSSR count). The van der Waals surface area contributed by atoms with Gasteiger partial charge in [0.15, 0.2) is 0 Å². The molecule has 0 atom stereocenters. The number of rotatable bonds is 8. The summed E-state index contributed by atoms with van der Waals surface area (Å²) < 4.78 is 1.84. The maximum absolute atomic E-state index is 11.5. The van der Waals surface area contributed by atoms with E-state index in [0.29, 0.717) is 12.6 Å². The van der Waals surface area contributed by atoms with Gasteiger partial charge in [-0.25, -0.2) is 0 Å². The van der Waals surface area contributed by atoms with Gasteiger partial charge in [-0.05, 0) is 18.9 Å². The molecule has 5 heteroatoms. The first-order valence-electron chi connectivity index (χ1n) is 6.23. The predicted molar refractivity (Wildman–Crippen MR) is 67.6 cm³/mol. The third-order valence-corrected chi connectivity index (χ3v) is 2.71. The van der Waals surface area contributed by atoms with Crippen molar-refractivity contribution < 1.29 is 4.79 Å². The second-order valence-electron chi connectivity index (χ2n) is 4.03. The Morgan fingerprint density at radius 3 is 2.76 bits per heavy atom. The monoisotopic (exact) mass is 238 g/mol. The van der Waals surface area contributed by atoms with Crippen molar-refractivity contribution in [2.24, 2.45) is 0 Å². The molecule has 1 amide bonds. The minimum absolute atomic E-state index is 0.0687. The van der Waals surface area contributed by atoms with E-state index in [1.807, 2.05) is 16.9 Å². The topological polar surface area (TPSA) is 59.0 Å². The second kappa shape index (κ2) is 7.84. The Kier molecular flexibility index (Phi) is 6.32. The predicted octanol–water partition coefficient (Wildman–Crippen LogP) is 0.777. The highest BCUT2D eigenvalue weighted by Gasteiger charge is 2.07. The normalized spacial score (nSPS) is 10.8. The third-order valence-electron chi connectivity index (χ3n) is 2.71. The van der Waals surface area contributed by atoms with Gasteiger partial charge in [0.2, 0.25) is 5.91 Å². The first kappa shape index (κ1) is 13.7. The molecule has 0 saturated heterocycles. The van der Waals surface area contributed by atoms with Gasteiger partial charge in [0.05, 0.1) is 13.1 Å². The lowest BCUT2D eigenvalue weighted by molar-refractivity contribution is -0.121. The lowest BCUT2D eigenvalue weighted by Crippen LogP contribution is -2.40. The average molecular weight is 238 g/mol. The van der Waals surface area contributed by atoms with Gasteiger partial charge in [-0.1, -0.05) is 13.8 Å². The van der Waals surface area contributed by atoms with Crippen LogP contribution < -0.4 is 10.6 Å². The fraction of sp³-hybridized carbons (Fsp3) is 0.667. The number of nitrogens with zero attached hydrogens (tertiary/aromatic N) is 2. The van der Waals surface area contributed by atoms with E-state index in [9.17, 15) is 4.79 Å². The van der Waals surface area contributed by atoms with Crippen LogP contribution in [0.15, 0.2) is 18.5 Å². The summed E-state index contributed by atoms with van der Waals surface area (Å²) in [6.45, 7) is 6.07. The van der Waals surface area contributed by atoms with Crippen molar-refractivity contribution >= 4 is 5.91 Å². The molecule has 0 aliphatic carbocycles. The zero-order valence-corrected chi connectivity index (χ0v) is 10.6. The Bertz CT molecular complexity index is 306. The number of amides is 1. The Morgan fingerprint density at radius 1 is 1.41 bits per heavy atom. The molecule has 1 aromatic rings. The van der Waals surface area contributed by atoms with Crippen LogP contribution in [0.1, 0.15) is 26.7 Å². The Balaban J connectivity index is 2.07. The molecular formula is C12H22N4O. The van der Waals surface area contributed by atoms with Gasteiger partial charge in [0, 0.05) is 25.0 Å². The Hall–Kier alpha value is -1.36. The summed E-state index contributed by atoms with van der Waals surface area (Å²) in [7, 11) is 0. The fourth-order valence-electron chi connectivity index (χ4n) is 1.60. The second-order valence-corrected chi connectivity index (χ2v) is 4.03. The molecule has 0 aliphatic heterocycles. The molecular weight excluding hydrogens is 216 g/mol. The minimum atomic E-state index is 0.0687. The lowest BCUT2D eigenvalue weighted by atomic mass is 10.2. The smallest absolute Gasteiger partial charge is 0.234 e. The SMILES string of the molecule is CCC(CC)NC(=O)CNCCn1cccn1. The van der Waals surface area contributed by atoms with E-state index >= 15 is 0 Å². The molecule has 0 saturated carbocycles. The molecule has 0 aromatic carbocycles. The summed E-state index contributed by atoms with van der Waals surface area (Å²) in [5, 5.41) is 10.2. The van der Waals surface area contributed by atoms with Crippen LogP contribution in [0.4, 0.5) is 0 Å². The lowest BCUT2D eigenvalue weighted by Gasteiger charge is -2.14. The van der Waals surface area contributed by atoms with Gasteiger partial charge in [0.1, 0.15) is 0 Å². The van der Waals surface area contributed by atoms with Crippen LogP contribution in [0.3, 0.4) is 0 Å². The molecule has 0 spiro atoms. The summed E-state index contributed by atoms with van der Waals surface area (Å²) in [5.41, 5.74) is 0. The van der Waals surface area contributed by atoms with Crippen LogP contribution in [0.5, 0.6) is 0 Å². The van der Waals surface area contributed by atoms with Crippen molar-refractivity contribution in [1.29, 1.82) is 0 Å². The first-order chi connectivity index (χ1) is 8.26. The summed E-state index contributed by atoms with van der Waals surface area (Å²) in [5.74, 6) is 0.0687. The maximum atomic E-state index is 11.5. The number of hydrogen-bond acceptors (Lipinski definition) is 3. The van der Waals surface area contributed by atoms with Crippen molar-refractivity contribution in [3.8, 4) is 0 Å². The van der Waals surface area contributed by atoms with E-state index in [-0.39, 0.29) is 5.91 Å². The van der Waals surface area contributed by atoms with Crippen LogP contribution in [0.25, 0.3) is 0 Å². The van der Waals surface area contributed by atoms with Crippen molar-refractivity contribution in [1.82, 2.24) is 20.4 Å². The van der Waals surface area contributed by atoms with E-state index in [4.69, 9.17) is 0 Å². The minimum Gasteiger partial charge on any atom is -0.352 e. The number of carbonyl (C=O) groups is 1. The van der Waals surface area contributed by atoms with Gasteiger partial charge < -0.3 is 10.6 Å². The van der Waals surface area contributed by atoms with E-state index in [0.717, 1.165) is 25.9 Å². The van der Waals surface area contributed by atoms with Crippen LogP contribution in [-0.2, 0) is 11.3 Å². The van der Waals surface area contributed by atoms with Crippen molar-refractivity contribution in [2.75, 3.05) is 13.1 Å². The zero-order chi connectivity index (χ0) is 12.5. The number of nitrogens with one attached hydrogen (secondary N) is 2. The van der Waals surface area contributed by atoms with E-state index in [1.165, 1.54) is 0 Å². The zero-order valence-electron chi connectivity index (χ0n) is 10.6. The molecule has 17 heavy (non-hydrogen) atoms.